The third kappa shape index (κ3) is 2.67. The van der Waals surface area contributed by atoms with Gasteiger partial charge in [-0.25, -0.2) is 9.36 Å². The molecule has 1 aromatic carbocycles. The third-order valence-electron chi connectivity index (χ3n) is 4.34. The summed E-state index contributed by atoms with van der Waals surface area (Å²) in [4.78, 5) is 14.4. The van der Waals surface area contributed by atoms with E-state index >= 15 is 0 Å². The number of hydrogen-bond acceptors (Lipinski definition) is 5. The fourth-order valence-electron chi connectivity index (χ4n) is 3.05. The molecule has 2 aromatic heterocycles. The number of benzene rings is 1. The van der Waals surface area contributed by atoms with Crippen molar-refractivity contribution in [3.8, 4) is 0 Å². The lowest BCUT2D eigenvalue weighted by molar-refractivity contribution is -0.133. The van der Waals surface area contributed by atoms with Crippen LogP contribution >= 0.6 is 0 Å². The lowest BCUT2D eigenvalue weighted by Crippen LogP contribution is -2.41. The molecule has 1 saturated heterocycles. The maximum Gasteiger partial charge on any atom is 0.244 e. The Morgan fingerprint density at radius 3 is 2.78 bits per heavy atom. The normalized spacial score (nSPS) is 16.1. The molecule has 4 rings (SSSR count). The van der Waals surface area contributed by atoms with E-state index < -0.39 is 0 Å². The topological polar surface area (TPSA) is 81.7 Å². The lowest BCUT2D eigenvalue weighted by atomic mass is 10.1. The zero-order valence-electron chi connectivity index (χ0n) is 12.6. The van der Waals surface area contributed by atoms with Gasteiger partial charge in [-0.2, -0.15) is 0 Å². The van der Waals surface area contributed by atoms with Crippen LogP contribution in [0.4, 0.5) is 0 Å². The van der Waals surface area contributed by atoms with Crippen LogP contribution in [0.5, 0.6) is 0 Å². The predicted molar refractivity (Wildman–Crippen MR) is 82.4 cm³/mol. The highest BCUT2D eigenvalue weighted by atomic mass is 16.2. The molecular weight excluding hydrogens is 294 g/mol. The minimum Gasteiger partial charge on any atom is -0.341 e. The molecule has 1 fully saturated rings. The van der Waals surface area contributed by atoms with Crippen molar-refractivity contribution in [2.24, 2.45) is 0 Å². The molecule has 118 valence electrons. The highest BCUT2D eigenvalue weighted by Crippen LogP contribution is 2.21. The molecule has 1 aliphatic heterocycles. The molecule has 0 aliphatic carbocycles. The molecule has 0 saturated carbocycles. The molecule has 0 spiro atoms. The zero-order valence-corrected chi connectivity index (χ0v) is 12.6. The second-order valence-corrected chi connectivity index (χ2v) is 5.73. The van der Waals surface area contributed by atoms with Crippen LogP contribution in [0.2, 0.25) is 0 Å². The van der Waals surface area contributed by atoms with Gasteiger partial charge in [0.15, 0.2) is 0 Å². The van der Waals surface area contributed by atoms with Gasteiger partial charge in [0.25, 0.3) is 0 Å². The Kier molecular flexibility index (Phi) is 3.49. The molecule has 0 radical (unpaired) electrons. The number of hydrogen-bond donors (Lipinski definition) is 0. The van der Waals surface area contributed by atoms with Crippen molar-refractivity contribution in [2.45, 2.75) is 25.4 Å². The fraction of sp³-hybridized carbons (Fsp3) is 0.400. The van der Waals surface area contributed by atoms with Gasteiger partial charge in [-0.05, 0) is 25.0 Å². The van der Waals surface area contributed by atoms with Crippen molar-refractivity contribution in [1.29, 1.82) is 0 Å². The van der Waals surface area contributed by atoms with Gasteiger partial charge in [-0.3, -0.25) is 4.79 Å². The molecule has 3 heterocycles. The number of carbonyl (C=O) groups is 1. The highest BCUT2D eigenvalue weighted by molar-refractivity contribution is 5.79. The van der Waals surface area contributed by atoms with E-state index in [-0.39, 0.29) is 12.5 Å². The summed E-state index contributed by atoms with van der Waals surface area (Å²) in [6.07, 6.45) is 5.36. The largest absolute Gasteiger partial charge is 0.341 e. The SMILES string of the molecule is O=C(Cn1nnc2ccccc21)N1CCC(n2ccnn2)CC1. The van der Waals surface area contributed by atoms with E-state index in [0.29, 0.717) is 6.04 Å². The number of para-hydroxylation sites is 1. The molecule has 0 unspecified atom stereocenters. The Hall–Kier alpha value is -2.77. The summed E-state index contributed by atoms with van der Waals surface area (Å²) in [5.74, 6) is 0.0812. The van der Waals surface area contributed by atoms with Crippen LogP contribution in [0, 0.1) is 0 Å². The standard InChI is InChI=1S/C15H17N7O/c23-15(11-22-14-4-2-1-3-13(14)17-19-22)20-8-5-12(6-9-20)21-10-7-16-18-21/h1-4,7,10,12H,5-6,8-9,11H2. The Balaban J connectivity index is 1.40. The van der Waals surface area contributed by atoms with Crippen LogP contribution in [0.1, 0.15) is 18.9 Å². The van der Waals surface area contributed by atoms with Gasteiger partial charge in [-0.1, -0.05) is 22.6 Å². The van der Waals surface area contributed by atoms with E-state index in [4.69, 9.17) is 0 Å². The molecule has 3 aromatic rings. The van der Waals surface area contributed by atoms with Crippen molar-refractivity contribution >= 4 is 16.9 Å². The van der Waals surface area contributed by atoms with E-state index in [1.165, 1.54) is 0 Å². The number of nitrogens with zero attached hydrogens (tertiary/aromatic N) is 7. The van der Waals surface area contributed by atoms with Crippen LogP contribution in [0.25, 0.3) is 11.0 Å². The van der Waals surface area contributed by atoms with Crippen molar-refractivity contribution in [1.82, 2.24) is 34.9 Å². The Morgan fingerprint density at radius 2 is 2.00 bits per heavy atom. The summed E-state index contributed by atoms with van der Waals surface area (Å²) >= 11 is 0. The fourth-order valence-corrected chi connectivity index (χ4v) is 3.05. The Labute approximate surface area is 132 Å². The zero-order chi connectivity index (χ0) is 15.6. The Bertz CT molecular complexity index is 802. The van der Waals surface area contributed by atoms with Crippen LogP contribution < -0.4 is 0 Å². The summed E-state index contributed by atoms with van der Waals surface area (Å²) in [5, 5.41) is 16.1. The van der Waals surface area contributed by atoms with Gasteiger partial charge in [-0.15, -0.1) is 10.2 Å². The first-order chi connectivity index (χ1) is 11.3. The van der Waals surface area contributed by atoms with Crippen LogP contribution in [0.3, 0.4) is 0 Å². The number of amides is 1. The van der Waals surface area contributed by atoms with Crippen LogP contribution in [0.15, 0.2) is 36.7 Å². The van der Waals surface area contributed by atoms with Gasteiger partial charge in [0.05, 0.1) is 17.8 Å². The second-order valence-electron chi connectivity index (χ2n) is 5.73. The maximum atomic E-state index is 12.5. The molecule has 1 amide bonds. The lowest BCUT2D eigenvalue weighted by Gasteiger charge is -2.31. The van der Waals surface area contributed by atoms with Crippen molar-refractivity contribution < 1.29 is 4.79 Å². The average Bonchev–Trinajstić information content (AvgIpc) is 3.25. The monoisotopic (exact) mass is 311 g/mol. The molecule has 8 heteroatoms. The summed E-state index contributed by atoms with van der Waals surface area (Å²) in [6, 6.07) is 8.00. The maximum absolute atomic E-state index is 12.5. The molecule has 8 nitrogen and oxygen atoms in total. The number of fused-ring (bicyclic) bond motifs is 1. The van der Waals surface area contributed by atoms with Gasteiger partial charge >= 0.3 is 0 Å². The van der Waals surface area contributed by atoms with E-state index in [2.05, 4.69) is 20.6 Å². The summed E-state index contributed by atoms with van der Waals surface area (Å²) in [6.45, 7) is 1.69. The quantitative estimate of drug-likeness (QED) is 0.717. The Morgan fingerprint density at radius 1 is 1.17 bits per heavy atom. The predicted octanol–water partition coefficient (Wildman–Crippen LogP) is 0.886. The van der Waals surface area contributed by atoms with E-state index in [1.54, 1.807) is 10.9 Å². The smallest absolute Gasteiger partial charge is 0.244 e. The van der Waals surface area contributed by atoms with Gasteiger partial charge in [0.2, 0.25) is 5.91 Å². The average molecular weight is 311 g/mol. The summed E-state index contributed by atoms with van der Waals surface area (Å²) in [7, 11) is 0. The first-order valence-corrected chi connectivity index (χ1v) is 7.73. The third-order valence-corrected chi connectivity index (χ3v) is 4.34. The number of carbonyl (C=O) groups excluding carboxylic acids is 1. The molecule has 23 heavy (non-hydrogen) atoms. The number of rotatable bonds is 3. The number of aromatic nitrogens is 6. The number of likely N-dealkylation sites (tertiary alicyclic amines) is 1. The van der Waals surface area contributed by atoms with Crippen molar-refractivity contribution in [2.75, 3.05) is 13.1 Å². The van der Waals surface area contributed by atoms with E-state index in [9.17, 15) is 4.79 Å². The minimum atomic E-state index is 0.0812. The van der Waals surface area contributed by atoms with Gasteiger partial charge < -0.3 is 4.90 Å². The molecule has 0 bridgehead atoms. The molecule has 0 N–H and O–H groups in total. The van der Waals surface area contributed by atoms with E-state index in [0.717, 1.165) is 37.0 Å². The van der Waals surface area contributed by atoms with Crippen LogP contribution in [-0.2, 0) is 11.3 Å². The highest BCUT2D eigenvalue weighted by Gasteiger charge is 2.24. The first-order valence-electron chi connectivity index (χ1n) is 7.73. The minimum absolute atomic E-state index is 0.0812. The van der Waals surface area contributed by atoms with Crippen molar-refractivity contribution in [3.63, 3.8) is 0 Å². The first kappa shape index (κ1) is 13.9. The van der Waals surface area contributed by atoms with Crippen LogP contribution in [-0.4, -0.2) is 53.9 Å². The summed E-state index contributed by atoms with van der Waals surface area (Å²) in [5.41, 5.74) is 1.70. The van der Waals surface area contributed by atoms with E-state index in [1.807, 2.05) is 40.0 Å². The van der Waals surface area contributed by atoms with Gasteiger partial charge in [0.1, 0.15) is 12.1 Å². The second kappa shape index (κ2) is 5.79. The van der Waals surface area contributed by atoms with Crippen molar-refractivity contribution in [3.05, 3.63) is 36.7 Å². The summed E-state index contributed by atoms with van der Waals surface area (Å²) < 4.78 is 3.55. The molecule has 1 aliphatic rings. The molecule has 0 atom stereocenters. The molecular formula is C15H17N7O. The van der Waals surface area contributed by atoms with Gasteiger partial charge in [0, 0.05) is 19.3 Å². The number of piperidine rings is 1.